The SMILES string of the molecule is Cc1ncoc1COc1ccc2c(c1Br)CCN(C[C@@H](O)CNC(=O)c1cccc(CC3COC3)c1)C2. The third-order valence-electron chi connectivity index (χ3n) is 6.97. The maximum Gasteiger partial charge on any atom is 0.251 e. The fraction of sp³-hybridized carbons (Fsp3) is 0.429. The van der Waals surface area contributed by atoms with Crippen molar-refractivity contribution in [3.8, 4) is 5.75 Å². The molecule has 2 N–H and O–H groups in total. The molecule has 5 rings (SSSR count). The molecule has 1 aromatic heterocycles. The van der Waals surface area contributed by atoms with Gasteiger partial charge in [0.2, 0.25) is 0 Å². The van der Waals surface area contributed by atoms with Gasteiger partial charge >= 0.3 is 0 Å². The van der Waals surface area contributed by atoms with E-state index in [0.717, 1.165) is 60.6 Å². The van der Waals surface area contributed by atoms with Crippen LogP contribution in [0, 0.1) is 12.8 Å². The quantitative estimate of drug-likeness (QED) is 0.384. The largest absolute Gasteiger partial charge is 0.484 e. The van der Waals surface area contributed by atoms with E-state index in [1.54, 1.807) is 0 Å². The summed E-state index contributed by atoms with van der Waals surface area (Å²) in [5, 5.41) is 13.5. The summed E-state index contributed by atoms with van der Waals surface area (Å²) < 4.78 is 17.5. The lowest BCUT2D eigenvalue weighted by molar-refractivity contribution is -0.0312. The molecule has 1 amide bonds. The Morgan fingerprint density at radius 1 is 1.32 bits per heavy atom. The van der Waals surface area contributed by atoms with Crippen LogP contribution in [0.1, 0.15) is 38.5 Å². The fourth-order valence-electron chi connectivity index (χ4n) is 4.77. The lowest BCUT2D eigenvalue weighted by atomic mass is 9.96. The van der Waals surface area contributed by atoms with Gasteiger partial charge in [0.15, 0.2) is 12.2 Å². The maximum absolute atomic E-state index is 12.7. The fourth-order valence-corrected chi connectivity index (χ4v) is 5.47. The Morgan fingerprint density at radius 3 is 2.95 bits per heavy atom. The summed E-state index contributed by atoms with van der Waals surface area (Å²) in [6, 6.07) is 11.7. The van der Waals surface area contributed by atoms with Crippen LogP contribution in [0.5, 0.6) is 5.75 Å². The third kappa shape index (κ3) is 6.41. The van der Waals surface area contributed by atoms with Gasteiger partial charge in [-0.2, -0.15) is 0 Å². The molecule has 1 atom stereocenters. The highest BCUT2D eigenvalue weighted by molar-refractivity contribution is 9.10. The van der Waals surface area contributed by atoms with Crippen LogP contribution in [0.3, 0.4) is 0 Å². The van der Waals surface area contributed by atoms with Crippen molar-refractivity contribution in [3.05, 3.63) is 81.0 Å². The Balaban J connectivity index is 1.10. The van der Waals surface area contributed by atoms with Crippen LogP contribution in [0.2, 0.25) is 0 Å². The first-order valence-corrected chi connectivity index (χ1v) is 13.4. The highest BCUT2D eigenvalue weighted by Crippen LogP contribution is 2.35. The zero-order valence-corrected chi connectivity index (χ0v) is 22.5. The van der Waals surface area contributed by atoms with Crippen LogP contribution in [0.4, 0.5) is 0 Å². The van der Waals surface area contributed by atoms with E-state index in [0.29, 0.717) is 30.4 Å². The second kappa shape index (κ2) is 11.8. The topological polar surface area (TPSA) is 97.1 Å². The van der Waals surface area contributed by atoms with E-state index in [1.807, 2.05) is 37.3 Å². The van der Waals surface area contributed by atoms with E-state index < -0.39 is 6.10 Å². The lowest BCUT2D eigenvalue weighted by Crippen LogP contribution is -2.42. The minimum Gasteiger partial charge on any atom is -0.484 e. The predicted molar refractivity (Wildman–Crippen MR) is 141 cm³/mol. The summed E-state index contributed by atoms with van der Waals surface area (Å²) in [6.45, 7) is 6.04. The molecular formula is C28H32BrN3O5. The van der Waals surface area contributed by atoms with E-state index in [9.17, 15) is 9.90 Å². The van der Waals surface area contributed by atoms with E-state index in [2.05, 4.69) is 37.2 Å². The number of hydrogen-bond donors (Lipinski definition) is 2. The highest BCUT2D eigenvalue weighted by Gasteiger charge is 2.23. The normalized spacial score (nSPS) is 16.6. The van der Waals surface area contributed by atoms with Crippen LogP contribution in [-0.2, 0) is 30.7 Å². The minimum atomic E-state index is -0.656. The summed E-state index contributed by atoms with van der Waals surface area (Å²) in [7, 11) is 0. The van der Waals surface area contributed by atoms with Gasteiger partial charge < -0.3 is 24.3 Å². The molecule has 0 unspecified atom stereocenters. The molecule has 0 bridgehead atoms. The molecule has 1 fully saturated rings. The van der Waals surface area contributed by atoms with Crippen LogP contribution in [0.15, 0.2) is 51.7 Å². The molecule has 8 nitrogen and oxygen atoms in total. The third-order valence-corrected chi connectivity index (χ3v) is 7.84. The molecule has 1 saturated heterocycles. The Labute approximate surface area is 225 Å². The number of ether oxygens (including phenoxy) is 2. The van der Waals surface area contributed by atoms with Crippen LogP contribution >= 0.6 is 15.9 Å². The minimum absolute atomic E-state index is 0.160. The zero-order valence-electron chi connectivity index (χ0n) is 20.9. The molecule has 0 radical (unpaired) electrons. The molecule has 3 aromatic rings. The molecule has 3 heterocycles. The van der Waals surface area contributed by atoms with Gasteiger partial charge in [-0.25, -0.2) is 4.98 Å². The molecular weight excluding hydrogens is 538 g/mol. The molecule has 0 aliphatic carbocycles. The molecule has 9 heteroatoms. The van der Waals surface area contributed by atoms with Crippen LogP contribution < -0.4 is 10.1 Å². The van der Waals surface area contributed by atoms with Gasteiger partial charge in [0, 0.05) is 37.7 Å². The number of hydrogen-bond acceptors (Lipinski definition) is 7. The Morgan fingerprint density at radius 2 is 2.19 bits per heavy atom. The molecule has 0 saturated carbocycles. The number of benzene rings is 2. The van der Waals surface area contributed by atoms with Gasteiger partial charge in [-0.15, -0.1) is 0 Å². The van der Waals surface area contributed by atoms with Crippen LogP contribution in [0.25, 0.3) is 0 Å². The molecule has 37 heavy (non-hydrogen) atoms. The van der Waals surface area contributed by atoms with Crippen molar-refractivity contribution >= 4 is 21.8 Å². The summed E-state index contributed by atoms with van der Waals surface area (Å²) in [6.07, 6.45) is 2.53. The maximum atomic E-state index is 12.7. The first kappa shape index (κ1) is 25.9. The number of aliphatic hydroxyl groups excluding tert-OH is 1. The van der Waals surface area contributed by atoms with Crippen molar-refractivity contribution in [1.82, 2.24) is 15.2 Å². The number of fused-ring (bicyclic) bond motifs is 1. The van der Waals surface area contributed by atoms with E-state index in [1.165, 1.54) is 17.5 Å². The van der Waals surface area contributed by atoms with E-state index in [-0.39, 0.29) is 12.5 Å². The number of aromatic nitrogens is 1. The summed E-state index contributed by atoms with van der Waals surface area (Å²) in [4.78, 5) is 19.0. The molecule has 196 valence electrons. The number of halogens is 1. The molecule has 2 aromatic carbocycles. The second-order valence-corrected chi connectivity index (χ2v) is 10.6. The number of β-amino-alcohol motifs (C(OH)–C–C–N with tert-alkyl or cyclic N) is 1. The predicted octanol–water partition coefficient (Wildman–Crippen LogP) is 3.66. The standard InChI is InChI=1S/C28H32BrN3O5/c1-18-26(37-17-31-18)16-36-25-6-5-22-12-32(8-7-24(22)27(25)29)13-23(33)11-30-28(34)21-4-2-3-19(10-21)9-20-14-35-15-20/h2-6,10,17,20,23,33H,7-9,11-16H2,1H3,(H,30,34)/t23-/m0/s1. The summed E-state index contributed by atoms with van der Waals surface area (Å²) >= 11 is 3.72. The Bertz CT molecular complexity index is 1240. The van der Waals surface area contributed by atoms with Crippen molar-refractivity contribution in [2.45, 2.75) is 39.0 Å². The number of oxazole rings is 1. The number of aryl methyl sites for hydroxylation is 1. The van der Waals surface area contributed by atoms with Crippen molar-refractivity contribution in [2.24, 2.45) is 5.92 Å². The summed E-state index contributed by atoms with van der Waals surface area (Å²) in [5.74, 6) is 1.87. The van der Waals surface area contributed by atoms with E-state index in [4.69, 9.17) is 13.9 Å². The Kier molecular flexibility index (Phi) is 8.24. The van der Waals surface area contributed by atoms with Crippen LogP contribution in [-0.4, -0.2) is 59.8 Å². The van der Waals surface area contributed by atoms with Crippen molar-refractivity contribution in [3.63, 3.8) is 0 Å². The summed E-state index contributed by atoms with van der Waals surface area (Å²) in [5.41, 5.74) is 5.01. The number of rotatable bonds is 10. The van der Waals surface area contributed by atoms with Gasteiger partial charge in [0.25, 0.3) is 5.91 Å². The Hall–Kier alpha value is -2.72. The van der Waals surface area contributed by atoms with Gasteiger partial charge in [0.05, 0.1) is 29.5 Å². The average molecular weight is 570 g/mol. The first-order chi connectivity index (χ1) is 18.0. The highest BCUT2D eigenvalue weighted by atomic mass is 79.9. The smallest absolute Gasteiger partial charge is 0.251 e. The second-order valence-electron chi connectivity index (χ2n) is 9.82. The number of nitrogens with zero attached hydrogens (tertiary/aromatic N) is 2. The number of carbonyl (C=O) groups excluding carboxylic acids is 1. The number of aliphatic hydroxyl groups is 1. The number of nitrogens with one attached hydrogen (secondary N) is 1. The number of amides is 1. The number of carbonyl (C=O) groups is 1. The van der Waals surface area contributed by atoms with Gasteiger partial charge in [-0.1, -0.05) is 18.2 Å². The molecule has 0 spiro atoms. The van der Waals surface area contributed by atoms with Gasteiger partial charge in [-0.05, 0) is 70.6 Å². The molecule has 2 aliphatic heterocycles. The molecule has 2 aliphatic rings. The van der Waals surface area contributed by atoms with Crippen molar-refractivity contribution < 1.29 is 23.8 Å². The average Bonchev–Trinajstić information content (AvgIpc) is 3.29. The van der Waals surface area contributed by atoms with Gasteiger partial charge in [0.1, 0.15) is 12.4 Å². The van der Waals surface area contributed by atoms with Crippen molar-refractivity contribution in [2.75, 3.05) is 32.8 Å². The lowest BCUT2D eigenvalue weighted by Gasteiger charge is -2.31. The van der Waals surface area contributed by atoms with Crippen molar-refractivity contribution in [1.29, 1.82) is 0 Å². The first-order valence-electron chi connectivity index (χ1n) is 12.6. The monoisotopic (exact) mass is 569 g/mol. The zero-order chi connectivity index (χ0) is 25.8. The van der Waals surface area contributed by atoms with E-state index >= 15 is 0 Å². The van der Waals surface area contributed by atoms with Gasteiger partial charge in [-0.3, -0.25) is 9.69 Å².